The summed E-state index contributed by atoms with van der Waals surface area (Å²) in [6.07, 6.45) is 6.67. The van der Waals surface area contributed by atoms with E-state index in [0.29, 0.717) is 18.3 Å². The second-order valence-corrected chi connectivity index (χ2v) is 13.3. The zero-order chi connectivity index (χ0) is 30.0. The van der Waals surface area contributed by atoms with E-state index in [0.717, 1.165) is 66.1 Å². The number of nitrogens with one attached hydrogen (secondary N) is 4. The van der Waals surface area contributed by atoms with Crippen molar-refractivity contribution in [1.29, 1.82) is 0 Å². The van der Waals surface area contributed by atoms with Crippen molar-refractivity contribution >= 4 is 28.8 Å². The monoisotopic (exact) mass is 584 g/mol. The van der Waals surface area contributed by atoms with Gasteiger partial charge in [-0.3, -0.25) is 9.59 Å². The molecule has 8 heteroatoms. The predicted molar refractivity (Wildman–Crippen MR) is 166 cm³/mol. The van der Waals surface area contributed by atoms with Gasteiger partial charge in [-0.15, -0.1) is 0 Å². The van der Waals surface area contributed by atoms with E-state index in [2.05, 4.69) is 20.9 Å². The van der Waals surface area contributed by atoms with Crippen LogP contribution in [0, 0.1) is 23.7 Å². The Morgan fingerprint density at radius 2 is 1.63 bits per heavy atom. The normalized spacial score (nSPS) is 26.0. The van der Waals surface area contributed by atoms with Crippen molar-refractivity contribution in [2.75, 3.05) is 6.54 Å². The van der Waals surface area contributed by atoms with Crippen molar-refractivity contribution in [3.05, 3.63) is 71.9 Å². The van der Waals surface area contributed by atoms with E-state index in [4.69, 9.17) is 4.74 Å². The molecule has 228 valence electrons. The molecule has 7 rings (SSSR count). The molecular formula is C35H44N4O4. The smallest absolute Gasteiger partial charge is 0.408 e. The molecule has 2 atom stereocenters. The van der Waals surface area contributed by atoms with Crippen LogP contribution in [0.4, 0.5) is 4.79 Å². The van der Waals surface area contributed by atoms with E-state index in [-0.39, 0.29) is 30.9 Å². The fraction of sp³-hybridized carbons (Fsp3) is 0.514. The van der Waals surface area contributed by atoms with Crippen molar-refractivity contribution in [2.45, 2.75) is 82.9 Å². The number of benzene rings is 2. The third-order valence-corrected chi connectivity index (χ3v) is 9.87. The SMILES string of the molecule is CCCC(=O)NC(CNC(=O)C(C)(Cc1cc2ccccc2[nH]1)NC(=O)OC1C2CC3CC(C2)CC1C3)c1ccccc1. The van der Waals surface area contributed by atoms with Gasteiger partial charge in [0.05, 0.1) is 6.04 Å². The van der Waals surface area contributed by atoms with Crippen LogP contribution < -0.4 is 16.0 Å². The summed E-state index contributed by atoms with van der Waals surface area (Å²) in [6, 6.07) is 19.2. The van der Waals surface area contributed by atoms with Gasteiger partial charge in [0.2, 0.25) is 11.8 Å². The fourth-order valence-electron chi connectivity index (χ4n) is 8.06. The van der Waals surface area contributed by atoms with Crippen LogP contribution in [-0.4, -0.2) is 41.1 Å². The Morgan fingerprint density at radius 1 is 0.953 bits per heavy atom. The molecule has 4 bridgehead atoms. The molecule has 0 aliphatic heterocycles. The van der Waals surface area contributed by atoms with Gasteiger partial charge in [0.15, 0.2) is 0 Å². The molecule has 3 aromatic rings. The van der Waals surface area contributed by atoms with Crippen molar-refractivity contribution in [3.8, 4) is 0 Å². The summed E-state index contributed by atoms with van der Waals surface area (Å²) in [5, 5.41) is 10.1. The summed E-state index contributed by atoms with van der Waals surface area (Å²) in [4.78, 5) is 43.4. The van der Waals surface area contributed by atoms with Gasteiger partial charge in [0, 0.05) is 30.6 Å². The first kappa shape index (κ1) is 29.3. The maximum Gasteiger partial charge on any atom is 0.408 e. The van der Waals surface area contributed by atoms with E-state index in [1.54, 1.807) is 6.92 Å². The minimum atomic E-state index is -1.29. The molecule has 43 heavy (non-hydrogen) atoms. The Bertz CT molecular complexity index is 1390. The van der Waals surface area contributed by atoms with Crippen LogP contribution in [0.25, 0.3) is 10.9 Å². The minimum Gasteiger partial charge on any atom is -0.446 e. The molecule has 0 radical (unpaired) electrons. The summed E-state index contributed by atoms with van der Waals surface area (Å²) in [5.74, 6) is 2.00. The highest BCUT2D eigenvalue weighted by Gasteiger charge is 2.50. The molecule has 4 fully saturated rings. The largest absolute Gasteiger partial charge is 0.446 e. The van der Waals surface area contributed by atoms with E-state index in [1.165, 1.54) is 6.42 Å². The molecule has 2 aromatic carbocycles. The molecule has 4 aliphatic carbocycles. The van der Waals surface area contributed by atoms with E-state index in [1.807, 2.05) is 67.6 Å². The van der Waals surface area contributed by atoms with Crippen LogP contribution in [0.15, 0.2) is 60.7 Å². The third kappa shape index (κ3) is 6.58. The molecule has 4 aliphatic rings. The Labute approximate surface area is 253 Å². The number of fused-ring (bicyclic) bond motifs is 1. The number of aromatic nitrogens is 1. The molecule has 0 saturated heterocycles. The number of carbonyl (C=O) groups is 3. The number of ether oxygens (including phenoxy) is 1. The van der Waals surface area contributed by atoms with Gasteiger partial charge in [-0.05, 0) is 92.2 Å². The summed E-state index contributed by atoms with van der Waals surface area (Å²) in [5.41, 5.74) is 1.42. The van der Waals surface area contributed by atoms with Crippen LogP contribution in [0.5, 0.6) is 0 Å². The highest BCUT2D eigenvalue weighted by molar-refractivity contribution is 5.90. The van der Waals surface area contributed by atoms with Gasteiger partial charge >= 0.3 is 6.09 Å². The highest BCUT2D eigenvalue weighted by atomic mass is 16.6. The van der Waals surface area contributed by atoms with Crippen LogP contribution in [-0.2, 0) is 20.7 Å². The second-order valence-electron chi connectivity index (χ2n) is 13.3. The number of hydrogen-bond acceptors (Lipinski definition) is 4. The minimum absolute atomic E-state index is 0.0659. The number of aromatic amines is 1. The van der Waals surface area contributed by atoms with Crippen molar-refractivity contribution in [2.24, 2.45) is 23.7 Å². The molecule has 1 heterocycles. The van der Waals surface area contributed by atoms with Gasteiger partial charge in [0.25, 0.3) is 0 Å². The summed E-state index contributed by atoms with van der Waals surface area (Å²) in [7, 11) is 0. The highest BCUT2D eigenvalue weighted by Crippen LogP contribution is 2.54. The number of H-pyrrole nitrogens is 1. The zero-order valence-electron chi connectivity index (χ0n) is 25.2. The van der Waals surface area contributed by atoms with Crippen molar-refractivity contribution in [1.82, 2.24) is 20.9 Å². The van der Waals surface area contributed by atoms with Gasteiger partial charge < -0.3 is 25.7 Å². The lowest BCUT2D eigenvalue weighted by atomic mass is 9.55. The summed E-state index contributed by atoms with van der Waals surface area (Å²) in [6.45, 7) is 3.90. The van der Waals surface area contributed by atoms with Crippen LogP contribution in [0.2, 0.25) is 0 Å². The van der Waals surface area contributed by atoms with Gasteiger partial charge in [-0.1, -0.05) is 55.5 Å². The van der Waals surface area contributed by atoms with E-state index >= 15 is 0 Å². The Balaban J connectivity index is 1.19. The number of amides is 3. The average Bonchev–Trinajstić information content (AvgIpc) is 3.39. The molecule has 3 amide bonds. The summed E-state index contributed by atoms with van der Waals surface area (Å²) >= 11 is 0. The Kier molecular flexibility index (Phi) is 8.46. The maximum absolute atomic E-state index is 14.0. The lowest BCUT2D eigenvalue weighted by Crippen LogP contribution is -2.60. The zero-order valence-corrected chi connectivity index (χ0v) is 25.2. The quantitative estimate of drug-likeness (QED) is 0.228. The molecule has 4 N–H and O–H groups in total. The van der Waals surface area contributed by atoms with Gasteiger partial charge in [0.1, 0.15) is 11.6 Å². The van der Waals surface area contributed by atoms with Crippen LogP contribution in [0.1, 0.15) is 76.1 Å². The first-order valence-electron chi connectivity index (χ1n) is 16.0. The Morgan fingerprint density at radius 3 is 2.30 bits per heavy atom. The lowest BCUT2D eigenvalue weighted by Gasteiger charge is -2.53. The third-order valence-electron chi connectivity index (χ3n) is 9.87. The summed E-state index contributed by atoms with van der Waals surface area (Å²) < 4.78 is 6.15. The standard InChI is InChI=1S/C35H44N4O4/c1-3-9-31(40)38-30(24-10-5-4-6-11-24)21-36-33(41)35(2,20-28-19-25-12-7-8-13-29(25)37-28)39-34(42)43-32-26-15-22-14-23(17-26)18-27(32)16-22/h4-8,10-13,19,22-23,26-27,30,32,37H,3,9,14-18,20-21H2,1-2H3,(H,36,41)(H,38,40)(H,39,42). The van der Waals surface area contributed by atoms with Crippen molar-refractivity contribution in [3.63, 3.8) is 0 Å². The van der Waals surface area contributed by atoms with E-state index in [9.17, 15) is 14.4 Å². The first-order chi connectivity index (χ1) is 20.8. The van der Waals surface area contributed by atoms with Crippen LogP contribution >= 0.6 is 0 Å². The number of carbonyl (C=O) groups excluding carboxylic acids is 3. The number of para-hydroxylation sites is 1. The fourth-order valence-corrected chi connectivity index (χ4v) is 8.06. The molecular weight excluding hydrogens is 540 g/mol. The second kappa shape index (κ2) is 12.4. The molecule has 8 nitrogen and oxygen atoms in total. The average molecular weight is 585 g/mol. The number of hydrogen-bond donors (Lipinski definition) is 4. The van der Waals surface area contributed by atoms with Crippen LogP contribution in [0.3, 0.4) is 0 Å². The predicted octanol–water partition coefficient (Wildman–Crippen LogP) is 5.79. The number of rotatable bonds is 11. The molecule has 2 unspecified atom stereocenters. The molecule has 0 spiro atoms. The maximum atomic E-state index is 14.0. The number of alkyl carbamates (subject to hydrolysis) is 1. The van der Waals surface area contributed by atoms with E-state index < -0.39 is 17.7 Å². The first-order valence-corrected chi connectivity index (χ1v) is 16.0. The molecule has 4 saturated carbocycles. The molecule has 1 aromatic heterocycles. The lowest BCUT2D eigenvalue weighted by molar-refractivity contribution is -0.128. The topological polar surface area (TPSA) is 112 Å². The Hall–Kier alpha value is -3.81. The van der Waals surface area contributed by atoms with Gasteiger partial charge in [-0.25, -0.2) is 4.79 Å². The van der Waals surface area contributed by atoms with Crippen molar-refractivity contribution < 1.29 is 19.1 Å². The van der Waals surface area contributed by atoms with Gasteiger partial charge in [-0.2, -0.15) is 0 Å².